The van der Waals surface area contributed by atoms with E-state index >= 15 is 0 Å². The van der Waals surface area contributed by atoms with Gasteiger partial charge in [0, 0.05) is 13.5 Å². The predicted octanol–water partition coefficient (Wildman–Crippen LogP) is 3.11. The van der Waals surface area contributed by atoms with E-state index in [1.165, 1.54) is 0 Å². The highest BCUT2D eigenvalue weighted by molar-refractivity contribution is 6.31. The van der Waals surface area contributed by atoms with Crippen molar-refractivity contribution in [3.05, 3.63) is 16.4 Å². The van der Waals surface area contributed by atoms with Gasteiger partial charge in [-0.3, -0.25) is 4.68 Å². The summed E-state index contributed by atoms with van der Waals surface area (Å²) in [7, 11) is 1.90. The predicted molar refractivity (Wildman–Crippen MR) is 73.8 cm³/mol. The molecule has 1 heterocycles. The average molecular weight is 271 g/mol. The van der Waals surface area contributed by atoms with Gasteiger partial charge in [-0.1, -0.05) is 25.4 Å². The largest absolute Gasteiger partial charge is 0.389 e. The maximum atomic E-state index is 10.9. The summed E-state index contributed by atoms with van der Waals surface area (Å²) in [5, 5.41) is 15.9. The minimum atomic E-state index is -0.629. The highest BCUT2D eigenvalue weighted by Gasteiger charge is 2.39. The van der Waals surface area contributed by atoms with Gasteiger partial charge in [-0.15, -0.1) is 0 Å². The Bertz CT molecular complexity index is 443. The molecular formula is C14H23ClN2O. The van der Waals surface area contributed by atoms with Crippen LogP contribution in [0.1, 0.15) is 44.5 Å². The summed E-state index contributed by atoms with van der Waals surface area (Å²) in [4.78, 5) is 0. The molecule has 1 aliphatic rings. The summed E-state index contributed by atoms with van der Waals surface area (Å²) in [6.45, 7) is 6.31. The average Bonchev–Trinajstić information content (AvgIpc) is 2.52. The second kappa shape index (κ2) is 4.86. The standard InChI is InChI=1S/C14H23ClN2O/c1-9-5-6-14(18,10(2)7-9)8-12-13(15)11(3)16-17(12)4/h9-10,18H,5-8H2,1-4H3. The van der Waals surface area contributed by atoms with Crippen molar-refractivity contribution < 1.29 is 5.11 Å². The lowest BCUT2D eigenvalue weighted by molar-refractivity contribution is -0.0534. The van der Waals surface area contributed by atoms with E-state index < -0.39 is 5.60 Å². The van der Waals surface area contributed by atoms with Crippen molar-refractivity contribution in [2.75, 3.05) is 0 Å². The number of aromatic nitrogens is 2. The van der Waals surface area contributed by atoms with Gasteiger partial charge in [0.1, 0.15) is 0 Å². The zero-order valence-corrected chi connectivity index (χ0v) is 12.5. The summed E-state index contributed by atoms with van der Waals surface area (Å²) < 4.78 is 1.81. The van der Waals surface area contributed by atoms with Gasteiger partial charge >= 0.3 is 0 Å². The topological polar surface area (TPSA) is 38.0 Å². The molecular weight excluding hydrogens is 248 g/mol. The van der Waals surface area contributed by atoms with E-state index in [0.717, 1.165) is 30.7 Å². The summed E-state index contributed by atoms with van der Waals surface area (Å²) in [6, 6.07) is 0. The van der Waals surface area contributed by atoms with E-state index in [4.69, 9.17) is 11.6 Å². The van der Waals surface area contributed by atoms with Crippen LogP contribution in [0.2, 0.25) is 5.02 Å². The molecule has 0 spiro atoms. The van der Waals surface area contributed by atoms with E-state index in [0.29, 0.717) is 23.3 Å². The maximum absolute atomic E-state index is 10.9. The van der Waals surface area contributed by atoms with Gasteiger partial charge in [0.2, 0.25) is 0 Å². The van der Waals surface area contributed by atoms with Crippen LogP contribution in [0.15, 0.2) is 0 Å². The summed E-state index contributed by atoms with van der Waals surface area (Å²) >= 11 is 6.28. The van der Waals surface area contributed by atoms with E-state index in [-0.39, 0.29) is 0 Å². The number of rotatable bonds is 2. The van der Waals surface area contributed by atoms with Crippen LogP contribution in [0.5, 0.6) is 0 Å². The lowest BCUT2D eigenvalue weighted by Crippen LogP contribution is -2.43. The van der Waals surface area contributed by atoms with Crippen LogP contribution in [-0.2, 0) is 13.5 Å². The quantitative estimate of drug-likeness (QED) is 0.897. The van der Waals surface area contributed by atoms with Gasteiger partial charge in [-0.2, -0.15) is 5.10 Å². The molecule has 1 aliphatic carbocycles. The zero-order chi connectivity index (χ0) is 13.5. The second-order valence-corrected chi connectivity index (χ2v) is 6.41. The fourth-order valence-electron chi connectivity index (χ4n) is 3.11. The van der Waals surface area contributed by atoms with Crippen molar-refractivity contribution in [2.24, 2.45) is 18.9 Å². The molecule has 3 nitrogen and oxygen atoms in total. The molecule has 102 valence electrons. The number of hydrogen-bond donors (Lipinski definition) is 1. The van der Waals surface area contributed by atoms with Crippen LogP contribution < -0.4 is 0 Å². The molecule has 18 heavy (non-hydrogen) atoms. The molecule has 0 aromatic carbocycles. The monoisotopic (exact) mass is 270 g/mol. The molecule has 1 aromatic heterocycles. The first-order valence-electron chi connectivity index (χ1n) is 6.74. The molecule has 3 atom stereocenters. The first-order chi connectivity index (χ1) is 8.33. The zero-order valence-electron chi connectivity index (χ0n) is 11.7. The number of nitrogens with zero attached hydrogens (tertiary/aromatic N) is 2. The van der Waals surface area contributed by atoms with Gasteiger partial charge in [-0.25, -0.2) is 0 Å². The summed E-state index contributed by atoms with van der Waals surface area (Å²) in [5.74, 6) is 1.02. The maximum Gasteiger partial charge on any atom is 0.0848 e. The highest BCUT2D eigenvalue weighted by atomic mass is 35.5. The molecule has 2 rings (SSSR count). The van der Waals surface area contributed by atoms with Gasteiger partial charge in [0.15, 0.2) is 0 Å². The first kappa shape index (κ1) is 13.9. The molecule has 1 aromatic rings. The van der Waals surface area contributed by atoms with Crippen LogP contribution >= 0.6 is 11.6 Å². The molecule has 0 radical (unpaired) electrons. The second-order valence-electron chi connectivity index (χ2n) is 6.03. The smallest absolute Gasteiger partial charge is 0.0848 e. The number of aryl methyl sites for hydroxylation is 2. The van der Waals surface area contributed by atoms with Gasteiger partial charge < -0.3 is 5.11 Å². The number of halogens is 1. The number of aliphatic hydroxyl groups is 1. The van der Waals surface area contributed by atoms with Crippen LogP contribution in [0, 0.1) is 18.8 Å². The van der Waals surface area contributed by atoms with E-state index in [1.807, 2.05) is 14.0 Å². The third-order valence-corrected chi connectivity index (χ3v) is 4.97. The Morgan fingerprint density at radius 1 is 1.50 bits per heavy atom. The third-order valence-electron chi connectivity index (χ3n) is 4.48. The van der Waals surface area contributed by atoms with E-state index in [1.54, 1.807) is 4.68 Å². The van der Waals surface area contributed by atoms with Crippen molar-refractivity contribution in [2.45, 2.75) is 52.1 Å². The normalized spacial score (nSPS) is 32.8. The summed E-state index contributed by atoms with van der Waals surface area (Å²) in [6.07, 6.45) is 3.65. The van der Waals surface area contributed by atoms with Gasteiger partial charge in [0.05, 0.1) is 22.0 Å². The third kappa shape index (κ3) is 2.43. The van der Waals surface area contributed by atoms with Gasteiger partial charge in [0.25, 0.3) is 0 Å². The molecule has 4 heteroatoms. The van der Waals surface area contributed by atoms with Crippen LogP contribution in [0.4, 0.5) is 0 Å². The lowest BCUT2D eigenvalue weighted by Gasteiger charge is -2.40. The first-order valence-corrected chi connectivity index (χ1v) is 7.11. The Hall–Kier alpha value is -0.540. The fraction of sp³-hybridized carbons (Fsp3) is 0.786. The minimum Gasteiger partial charge on any atom is -0.389 e. The molecule has 1 saturated carbocycles. The number of hydrogen-bond acceptors (Lipinski definition) is 2. The fourth-order valence-corrected chi connectivity index (χ4v) is 3.34. The van der Waals surface area contributed by atoms with Crippen LogP contribution in [-0.4, -0.2) is 20.5 Å². The van der Waals surface area contributed by atoms with Crippen molar-refractivity contribution in [1.82, 2.24) is 9.78 Å². The lowest BCUT2D eigenvalue weighted by atomic mass is 9.70. The Morgan fingerprint density at radius 3 is 2.67 bits per heavy atom. The van der Waals surface area contributed by atoms with Crippen LogP contribution in [0.3, 0.4) is 0 Å². The molecule has 0 aliphatic heterocycles. The Labute approximate surface area is 114 Å². The molecule has 3 unspecified atom stereocenters. The van der Waals surface area contributed by atoms with Crippen molar-refractivity contribution in [1.29, 1.82) is 0 Å². The Kier molecular flexibility index (Phi) is 3.75. The molecule has 0 bridgehead atoms. The molecule has 1 fully saturated rings. The van der Waals surface area contributed by atoms with Crippen LogP contribution in [0.25, 0.3) is 0 Å². The summed E-state index contributed by atoms with van der Waals surface area (Å²) in [5.41, 5.74) is 1.17. The van der Waals surface area contributed by atoms with E-state index in [2.05, 4.69) is 18.9 Å². The van der Waals surface area contributed by atoms with Crippen molar-refractivity contribution in [3.63, 3.8) is 0 Å². The SMILES string of the molecule is Cc1nn(C)c(CC2(O)CCC(C)CC2C)c1Cl. The Morgan fingerprint density at radius 2 is 2.17 bits per heavy atom. The van der Waals surface area contributed by atoms with Gasteiger partial charge in [-0.05, 0) is 38.0 Å². The molecule has 1 N–H and O–H groups in total. The van der Waals surface area contributed by atoms with Crippen molar-refractivity contribution in [3.8, 4) is 0 Å². The highest BCUT2D eigenvalue weighted by Crippen LogP contribution is 2.39. The molecule has 0 amide bonds. The minimum absolute atomic E-state index is 0.313. The van der Waals surface area contributed by atoms with E-state index in [9.17, 15) is 5.11 Å². The molecule has 0 saturated heterocycles. The Balaban J connectivity index is 2.22. The van der Waals surface area contributed by atoms with Crippen molar-refractivity contribution >= 4 is 11.6 Å².